The lowest BCUT2D eigenvalue weighted by Crippen LogP contribution is -2.23. The first-order valence-electron chi connectivity index (χ1n) is 8.68. The molecular weight excluding hydrogens is 348 g/mol. The van der Waals surface area contributed by atoms with Crippen molar-refractivity contribution in [1.29, 1.82) is 0 Å². The molecule has 0 aliphatic rings. The topological polar surface area (TPSA) is 88.2 Å². The number of hydrogen-bond acceptors (Lipinski definition) is 6. The van der Waals surface area contributed by atoms with Gasteiger partial charge in [0, 0.05) is 13.6 Å². The van der Waals surface area contributed by atoms with Crippen LogP contribution in [0, 0.1) is 13.8 Å². The quantitative estimate of drug-likeness (QED) is 0.465. The summed E-state index contributed by atoms with van der Waals surface area (Å²) in [6, 6.07) is 5.93. The number of carbonyl (C=O) groups is 1. The molecule has 8 nitrogen and oxygen atoms in total. The van der Waals surface area contributed by atoms with E-state index in [-0.39, 0.29) is 31.7 Å². The SMILES string of the molecule is Cc1cc(C)cc(OCCOC(=O)CCn2cnc3c(cnn3C)c2=O)c1. The number of esters is 1. The van der Waals surface area contributed by atoms with Gasteiger partial charge in [-0.15, -0.1) is 0 Å². The van der Waals surface area contributed by atoms with Crippen LogP contribution < -0.4 is 10.3 Å². The van der Waals surface area contributed by atoms with Crippen molar-refractivity contribution in [3.63, 3.8) is 0 Å². The molecule has 0 N–H and O–H groups in total. The van der Waals surface area contributed by atoms with Gasteiger partial charge in [-0.25, -0.2) is 4.98 Å². The molecule has 0 amide bonds. The van der Waals surface area contributed by atoms with Crippen molar-refractivity contribution < 1.29 is 14.3 Å². The average molecular weight is 370 g/mol. The van der Waals surface area contributed by atoms with Gasteiger partial charge in [0.2, 0.25) is 0 Å². The van der Waals surface area contributed by atoms with E-state index >= 15 is 0 Å². The highest BCUT2D eigenvalue weighted by Crippen LogP contribution is 2.16. The van der Waals surface area contributed by atoms with Gasteiger partial charge in [0.25, 0.3) is 5.56 Å². The molecule has 27 heavy (non-hydrogen) atoms. The molecule has 3 aromatic rings. The molecule has 2 aromatic heterocycles. The first-order chi connectivity index (χ1) is 12.9. The van der Waals surface area contributed by atoms with Crippen molar-refractivity contribution in [3.05, 3.63) is 52.2 Å². The van der Waals surface area contributed by atoms with Crippen LogP contribution in [0.1, 0.15) is 17.5 Å². The van der Waals surface area contributed by atoms with Crippen molar-refractivity contribution in [3.8, 4) is 5.75 Å². The Hall–Kier alpha value is -3.16. The van der Waals surface area contributed by atoms with Crippen LogP contribution in [-0.4, -0.2) is 38.5 Å². The number of ether oxygens (including phenoxy) is 2. The minimum Gasteiger partial charge on any atom is -0.490 e. The van der Waals surface area contributed by atoms with Gasteiger partial charge in [-0.3, -0.25) is 18.8 Å². The van der Waals surface area contributed by atoms with E-state index in [0.29, 0.717) is 11.0 Å². The summed E-state index contributed by atoms with van der Waals surface area (Å²) in [5.41, 5.74) is 2.53. The lowest BCUT2D eigenvalue weighted by Gasteiger charge is -2.09. The molecule has 0 aliphatic carbocycles. The van der Waals surface area contributed by atoms with Crippen molar-refractivity contribution in [2.24, 2.45) is 7.05 Å². The molecule has 0 fully saturated rings. The smallest absolute Gasteiger partial charge is 0.307 e. The number of rotatable bonds is 7. The van der Waals surface area contributed by atoms with Gasteiger partial charge >= 0.3 is 5.97 Å². The molecule has 1 aromatic carbocycles. The summed E-state index contributed by atoms with van der Waals surface area (Å²) in [7, 11) is 1.72. The summed E-state index contributed by atoms with van der Waals surface area (Å²) < 4.78 is 13.7. The molecule has 3 rings (SSSR count). The summed E-state index contributed by atoms with van der Waals surface area (Å²) in [4.78, 5) is 28.4. The second-order valence-corrected chi connectivity index (χ2v) is 6.39. The van der Waals surface area contributed by atoms with Gasteiger partial charge in [-0.2, -0.15) is 5.10 Å². The highest BCUT2D eigenvalue weighted by atomic mass is 16.6. The van der Waals surface area contributed by atoms with Gasteiger partial charge in [-0.05, 0) is 37.1 Å². The summed E-state index contributed by atoms with van der Waals surface area (Å²) >= 11 is 0. The number of benzene rings is 1. The summed E-state index contributed by atoms with van der Waals surface area (Å²) in [5, 5.41) is 4.44. The van der Waals surface area contributed by atoms with Crippen molar-refractivity contribution in [1.82, 2.24) is 19.3 Å². The number of nitrogens with zero attached hydrogens (tertiary/aromatic N) is 4. The number of aryl methyl sites for hydroxylation is 4. The Kier molecular flexibility index (Phi) is 5.54. The second-order valence-electron chi connectivity index (χ2n) is 6.39. The van der Waals surface area contributed by atoms with E-state index in [4.69, 9.17) is 9.47 Å². The lowest BCUT2D eigenvalue weighted by molar-refractivity contribution is -0.144. The van der Waals surface area contributed by atoms with Crippen LogP contribution >= 0.6 is 0 Å². The molecule has 0 unspecified atom stereocenters. The fourth-order valence-corrected chi connectivity index (χ4v) is 2.84. The summed E-state index contributed by atoms with van der Waals surface area (Å²) in [6.45, 7) is 4.63. The minimum absolute atomic E-state index is 0.0803. The maximum Gasteiger partial charge on any atom is 0.307 e. The fraction of sp³-hybridized carbons (Fsp3) is 0.368. The summed E-state index contributed by atoms with van der Waals surface area (Å²) in [5.74, 6) is 0.364. The number of hydrogen-bond donors (Lipinski definition) is 0. The first kappa shape index (κ1) is 18.6. The molecule has 142 valence electrons. The first-order valence-corrected chi connectivity index (χ1v) is 8.68. The Labute approximate surface area is 156 Å². The number of fused-ring (bicyclic) bond motifs is 1. The van der Waals surface area contributed by atoms with Crippen LogP contribution in [0.4, 0.5) is 0 Å². The third-order valence-electron chi connectivity index (χ3n) is 4.09. The Morgan fingerprint density at radius 3 is 2.63 bits per heavy atom. The molecule has 0 bridgehead atoms. The highest BCUT2D eigenvalue weighted by molar-refractivity contribution is 5.73. The van der Waals surface area contributed by atoms with Gasteiger partial charge in [0.15, 0.2) is 5.65 Å². The standard InChI is InChI=1S/C19H22N4O4/c1-13-8-14(2)10-15(9-13)26-6-7-27-17(24)4-5-23-12-20-18-16(19(23)25)11-21-22(18)3/h8-12H,4-7H2,1-3H3. The minimum atomic E-state index is -0.391. The molecule has 0 spiro atoms. The zero-order valence-electron chi connectivity index (χ0n) is 15.6. The van der Waals surface area contributed by atoms with Crippen molar-refractivity contribution >= 4 is 17.0 Å². The van der Waals surface area contributed by atoms with Gasteiger partial charge in [-0.1, -0.05) is 6.07 Å². The maximum absolute atomic E-state index is 12.3. The van der Waals surface area contributed by atoms with Crippen LogP contribution in [0.3, 0.4) is 0 Å². The third-order valence-corrected chi connectivity index (χ3v) is 4.09. The third kappa shape index (κ3) is 4.52. The Morgan fingerprint density at radius 1 is 1.15 bits per heavy atom. The van der Waals surface area contributed by atoms with Crippen molar-refractivity contribution in [2.45, 2.75) is 26.8 Å². The van der Waals surface area contributed by atoms with Crippen LogP contribution in [0.25, 0.3) is 11.0 Å². The van der Waals surface area contributed by atoms with E-state index in [9.17, 15) is 9.59 Å². The zero-order chi connectivity index (χ0) is 19.4. The average Bonchev–Trinajstić information content (AvgIpc) is 2.99. The molecular formula is C19H22N4O4. The van der Waals surface area contributed by atoms with Crippen LogP contribution in [0.5, 0.6) is 5.75 Å². The molecule has 8 heteroatoms. The molecule has 0 radical (unpaired) electrons. The van der Waals surface area contributed by atoms with E-state index in [1.54, 1.807) is 7.05 Å². The summed E-state index contributed by atoms with van der Waals surface area (Å²) in [6.07, 6.45) is 2.98. The normalized spacial score (nSPS) is 10.9. The Bertz CT molecular complexity index is 1000. The molecule has 0 atom stereocenters. The van der Waals surface area contributed by atoms with Crippen LogP contribution in [0.2, 0.25) is 0 Å². The molecule has 0 aliphatic heterocycles. The number of carbonyl (C=O) groups excluding carboxylic acids is 1. The predicted molar refractivity (Wildman–Crippen MR) is 99.8 cm³/mol. The highest BCUT2D eigenvalue weighted by Gasteiger charge is 2.10. The van der Waals surface area contributed by atoms with E-state index < -0.39 is 5.97 Å². The predicted octanol–water partition coefficient (Wildman–Crippen LogP) is 1.76. The fourth-order valence-electron chi connectivity index (χ4n) is 2.84. The van der Waals surface area contributed by atoms with E-state index in [1.165, 1.54) is 21.8 Å². The second kappa shape index (κ2) is 8.03. The van der Waals surface area contributed by atoms with Crippen LogP contribution in [-0.2, 0) is 23.1 Å². The van der Waals surface area contributed by atoms with E-state index in [2.05, 4.69) is 16.1 Å². The number of aromatic nitrogens is 4. The van der Waals surface area contributed by atoms with Crippen molar-refractivity contribution in [2.75, 3.05) is 13.2 Å². The van der Waals surface area contributed by atoms with Gasteiger partial charge in [0.1, 0.15) is 24.3 Å². The monoisotopic (exact) mass is 370 g/mol. The molecule has 0 saturated heterocycles. The lowest BCUT2D eigenvalue weighted by atomic mass is 10.1. The zero-order valence-corrected chi connectivity index (χ0v) is 15.6. The Balaban J connectivity index is 1.46. The van der Waals surface area contributed by atoms with Crippen LogP contribution in [0.15, 0.2) is 35.5 Å². The van der Waals surface area contributed by atoms with E-state index in [1.807, 2.05) is 26.0 Å². The Morgan fingerprint density at radius 2 is 1.89 bits per heavy atom. The van der Waals surface area contributed by atoms with Gasteiger partial charge in [0.05, 0.1) is 18.9 Å². The largest absolute Gasteiger partial charge is 0.490 e. The molecule has 2 heterocycles. The van der Waals surface area contributed by atoms with E-state index in [0.717, 1.165) is 16.9 Å². The maximum atomic E-state index is 12.3. The molecule has 0 saturated carbocycles. The van der Waals surface area contributed by atoms with Gasteiger partial charge < -0.3 is 9.47 Å².